The van der Waals surface area contributed by atoms with Crippen molar-refractivity contribution >= 4 is 5.97 Å². The first-order chi connectivity index (χ1) is 6.20. The van der Waals surface area contributed by atoms with E-state index < -0.39 is 0 Å². The molecule has 13 heavy (non-hydrogen) atoms. The highest BCUT2D eigenvalue weighted by atomic mass is 16.5. The van der Waals surface area contributed by atoms with Crippen molar-refractivity contribution in [2.45, 2.75) is 32.8 Å². The van der Waals surface area contributed by atoms with Gasteiger partial charge in [-0.15, -0.1) is 0 Å². The molecule has 0 N–H and O–H groups in total. The first-order valence-electron chi connectivity index (χ1n) is 4.75. The molecule has 0 aromatic rings. The largest absolute Gasteiger partial charge is 0.454 e. The van der Waals surface area contributed by atoms with E-state index in [9.17, 15) is 4.79 Å². The van der Waals surface area contributed by atoms with Crippen molar-refractivity contribution in [2.75, 3.05) is 0 Å². The van der Waals surface area contributed by atoms with E-state index in [4.69, 9.17) is 4.74 Å². The van der Waals surface area contributed by atoms with E-state index in [-0.39, 0.29) is 12.1 Å². The molecule has 0 amide bonds. The van der Waals surface area contributed by atoms with Gasteiger partial charge in [-0.2, -0.15) is 0 Å². The number of fused-ring (bicyclic) bond motifs is 1. The zero-order chi connectivity index (χ0) is 9.42. The molecule has 2 atom stereocenters. The van der Waals surface area contributed by atoms with Crippen LogP contribution in [-0.2, 0) is 9.53 Å². The molecule has 70 valence electrons. The summed E-state index contributed by atoms with van der Waals surface area (Å²) in [6.07, 6.45) is 6.25. The van der Waals surface area contributed by atoms with Crippen molar-refractivity contribution in [1.82, 2.24) is 0 Å². The van der Waals surface area contributed by atoms with Crippen molar-refractivity contribution in [3.8, 4) is 0 Å². The van der Waals surface area contributed by atoms with Gasteiger partial charge in [0.2, 0.25) is 0 Å². The van der Waals surface area contributed by atoms with Gasteiger partial charge in [0.25, 0.3) is 0 Å². The predicted octanol–water partition coefficient (Wildman–Crippen LogP) is 2.21. The van der Waals surface area contributed by atoms with Crippen LogP contribution >= 0.6 is 0 Å². The van der Waals surface area contributed by atoms with Crippen molar-refractivity contribution in [3.05, 3.63) is 23.3 Å². The molecule has 2 rings (SSSR count). The SMILES string of the molecule is CC(C)=C1C(=O)O[C@H]2C=CCC[C@@H]12. The molecule has 2 aliphatic rings. The summed E-state index contributed by atoms with van der Waals surface area (Å²) < 4.78 is 5.26. The van der Waals surface area contributed by atoms with Crippen molar-refractivity contribution < 1.29 is 9.53 Å². The zero-order valence-electron chi connectivity index (χ0n) is 8.04. The maximum atomic E-state index is 11.5. The fraction of sp³-hybridized carbons (Fsp3) is 0.545. The molecule has 1 aliphatic heterocycles. The predicted molar refractivity (Wildman–Crippen MR) is 50.1 cm³/mol. The molecule has 0 bridgehead atoms. The molecule has 0 unspecified atom stereocenters. The van der Waals surface area contributed by atoms with Crippen LogP contribution in [0.2, 0.25) is 0 Å². The van der Waals surface area contributed by atoms with Crippen molar-refractivity contribution in [1.29, 1.82) is 0 Å². The maximum Gasteiger partial charge on any atom is 0.334 e. The number of rotatable bonds is 0. The first kappa shape index (κ1) is 8.54. The molecule has 0 saturated carbocycles. The fourth-order valence-corrected chi connectivity index (χ4v) is 2.15. The molecular formula is C11H14O2. The fourth-order valence-electron chi connectivity index (χ4n) is 2.15. The summed E-state index contributed by atoms with van der Waals surface area (Å²) in [5, 5.41) is 0. The lowest BCUT2D eigenvalue weighted by molar-refractivity contribution is -0.137. The number of carbonyl (C=O) groups is 1. The minimum Gasteiger partial charge on any atom is -0.454 e. The quantitative estimate of drug-likeness (QED) is 0.323. The Hall–Kier alpha value is -1.05. The molecule has 1 saturated heterocycles. The highest BCUT2D eigenvalue weighted by Crippen LogP contribution is 2.36. The summed E-state index contributed by atoms with van der Waals surface area (Å²) in [5.41, 5.74) is 2.02. The molecular weight excluding hydrogens is 164 g/mol. The van der Waals surface area contributed by atoms with Gasteiger partial charge in [-0.25, -0.2) is 4.79 Å². The highest BCUT2D eigenvalue weighted by Gasteiger charge is 2.39. The van der Waals surface area contributed by atoms with Crippen LogP contribution in [0.4, 0.5) is 0 Å². The van der Waals surface area contributed by atoms with Crippen LogP contribution in [0.3, 0.4) is 0 Å². The van der Waals surface area contributed by atoms with E-state index in [0.29, 0.717) is 5.92 Å². The topological polar surface area (TPSA) is 26.3 Å². The Bertz CT molecular complexity index is 295. The third kappa shape index (κ3) is 1.30. The van der Waals surface area contributed by atoms with Gasteiger partial charge in [0.15, 0.2) is 0 Å². The number of hydrogen-bond donors (Lipinski definition) is 0. The van der Waals surface area contributed by atoms with E-state index in [2.05, 4.69) is 6.08 Å². The number of allylic oxidation sites excluding steroid dienone is 2. The number of hydrogen-bond acceptors (Lipinski definition) is 2. The second-order valence-corrected chi connectivity index (χ2v) is 3.90. The first-order valence-corrected chi connectivity index (χ1v) is 4.75. The van der Waals surface area contributed by atoms with Gasteiger partial charge in [0.1, 0.15) is 6.10 Å². The van der Waals surface area contributed by atoms with Gasteiger partial charge >= 0.3 is 5.97 Å². The van der Waals surface area contributed by atoms with Crippen molar-refractivity contribution in [3.63, 3.8) is 0 Å². The van der Waals surface area contributed by atoms with Crippen LogP contribution < -0.4 is 0 Å². The summed E-state index contributed by atoms with van der Waals surface area (Å²) in [6.45, 7) is 3.97. The molecule has 0 aromatic carbocycles. The molecule has 2 heteroatoms. The molecule has 0 spiro atoms. The second kappa shape index (κ2) is 3.02. The van der Waals surface area contributed by atoms with E-state index in [1.54, 1.807) is 0 Å². The Labute approximate surface area is 78.3 Å². The Morgan fingerprint density at radius 1 is 1.54 bits per heavy atom. The van der Waals surface area contributed by atoms with Gasteiger partial charge in [0, 0.05) is 11.5 Å². The van der Waals surface area contributed by atoms with Crippen LogP contribution in [-0.4, -0.2) is 12.1 Å². The lowest BCUT2D eigenvalue weighted by Crippen LogP contribution is -2.17. The van der Waals surface area contributed by atoms with Gasteiger partial charge in [0.05, 0.1) is 0 Å². The Balaban J connectivity index is 2.36. The molecule has 2 nitrogen and oxygen atoms in total. The molecule has 1 heterocycles. The number of carbonyl (C=O) groups excluding carboxylic acids is 1. The van der Waals surface area contributed by atoms with Crippen LogP contribution in [0.15, 0.2) is 23.3 Å². The van der Waals surface area contributed by atoms with Crippen LogP contribution in [0.1, 0.15) is 26.7 Å². The van der Waals surface area contributed by atoms with Gasteiger partial charge in [-0.05, 0) is 32.8 Å². The lowest BCUT2D eigenvalue weighted by Gasteiger charge is -2.17. The van der Waals surface area contributed by atoms with Crippen LogP contribution in [0, 0.1) is 5.92 Å². The van der Waals surface area contributed by atoms with Crippen molar-refractivity contribution in [2.24, 2.45) is 5.92 Å². The maximum absolute atomic E-state index is 11.5. The summed E-state index contributed by atoms with van der Waals surface area (Å²) in [5.74, 6) is 0.212. The number of esters is 1. The minimum atomic E-state index is -0.110. The molecule has 1 fully saturated rings. The van der Waals surface area contributed by atoms with E-state index in [1.807, 2.05) is 19.9 Å². The highest BCUT2D eigenvalue weighted by molar-refractivity contribution is 5.92. The average molecular weight is 178 g/mol. The third-order valence-corrected chi connectivity index (χ3v) is 2.74. The Kier molecular flexibility index (Phi) is 1.98. The second-order valence-electron chi connectivity index (χ2n) is 3.90. The van der Waals surface area contributed by atoms with E-state index in [0.717, 1.165) is 24.0 Å². The van der Waals surface area contributed by atoms with Gasteiger partial charge < -0.3 is 4.74 Å². The minimum absolute atomic E-state index is 0.0196. The lowest BCUT2D eigenvalue weighted by atomic mass is 9.86. The zero-order valence-corrected chi connectivity index (χ0v) is 8.04. The normalized spacial score (nSPS) is 31.5. The third-order valence-electron chi connectivity index (χ3n) is 2.74. The standard InChI is InChI=1S/C11H14O2/c1-7(2)10-8-5-3-4-6-9(8)13-11(10)12/h4,6,8-9H,3,5H2,1-2H3/t8-,9+/m1/s1. The summed E-state index contributed by atoms with van der Waals surface area (Å²) in [7, 11) is 0. The van der Waals surface area contributed by atoms with E-state index in [1.165, 1.54) is 0 Å². The summed E-state index contributed by atoms with van der Waals surface area (Å²) >= 11 is 0. The molecule has 1 aliphatic carbocycles. The number of ether oxygens (including phenoxy) is 1. The van der Waals surface area contributed by atoms with E-state index >= 15 is 0 Å². The average Bonchev–Trinajstić information content (AvgIpc) is 2.39. The van der Waals surface area contributed by atoms with Crippen LogP contribution in [0.5, 0.6) is 0 Å². The Morgan fingerprint density at radius 2 is 2.31 bits per heavy atom. The smallest absolute Gasteiger partial charge is 0.334 e. The van der Waals surface area contributed by atoms with Gasteiger partial charge in [-0.1, -0.05) is 11.6 Å². The summed E-state index contributed by atoms with van der Waals surface area (Å²) in [4.78, 5) is 11.5. The molecule has 0 aromatic heterocycles. The van der Waals surface area contributed by atoms with Gasteiger partial charge in [-0.3, -0.25) is 0 Å². The Morgan fingerprint density at radius 3 is 3.00 bits per heavy atom. The summed E-state index contributed by atoms with van der Waals surface area (Å²) in [6, 6.07) is 0. The van der Waals surface area contributed by atoms with Crippen LogP contribution in [0.25, 0.3) is 0 Å². The molecule has 0 radical (unpaired) electrons. The monoisotopic (exact) mass is 178 g/mol.